The molecule has 1 radical (unpaired) electrons. The van der Waals surface area contributed by atoms with E-state index in [-0.39, 0.29) is 73.5 Å². The Labute approximate surface area is 312 Å². The molecular formula is C42H56BF2O8. The van der Waals surface area contributed by atoms with E-state index in [9.17, 15) is 29.4 Å². The number of hydrogen-bond acceptors (Lipinski definition) is 8. The van der Waals surface area contributed by atoms with Gasteiger partial charge in [-0.1, -0.05) is 38.8 Å². The number of alkyl halides is 2. The number of fused-ring (bicyclic) bond motifs is 10. The van der Waals surface area contributed by atoms with Crippen molar-refractivity contribution in [3.63, 3.8) is 0 Å². The van der Waals surface area contributed by atoms with Gasteiger partial charge in [0.05, 0.1) is 12.2 Å². The lowest BCUT2D eigenvalue weighted by Crippen LogP contribution is -2.71. The van der Waals surface area contributed by atoms with Gasteiger partial charge in [-0.15, -0.1) is 0 Å². The Balaban J connectivity index is 1.17. The summed E-state index contributed by atoms with van der Waals surface area (Å²) in [6.45, 7) is 10.3. The van der Waals surface area contributed by atoms with Crippen LogP contribution in [0.5, 0.6) is 0 Å². The Morgan fingerprint density at radius 1 is 0.642 bits per heavy atom. The molecule has 53 heavy (non-hydrogen) atoms. The van der Waals surface area contributed by atoms with Crippen molar-refractivity contribution in [3.05, 3.63) is 23.3 Å². The maximum Gasteiger partial charge on any atom is 0.488 e. The molecule has 0 aromatic carbocycles. The van der Waals surface area contributed by atoms with Crippen LogP contribution >= 0.6 is 0 Å². The van der Waals surface area contributed by atoms with Crippen LogP contribution in [0.2, 0.25) is 0 Å². The lowest BCUT2D eigenvalue weighted by atomic mass is 9.43. The van der Waals surface area contributed by atoms with Crippen LogP contribution in [0, 0.1) is 45.3 Å². The van der Waals surface area contributed by atoms with Crippen LogP contribution in [0.4, 0.5) is 8.78 Å². The third kappa shape index (κ3) is 4.48. The van der Waals surface area contributed by atoms with Gasteiger partial charge in [0.1, 0.15) is 22.5 Å². The lowest BCUT2D eigenvalue weighted by molar-refractivity contribution is -0.232. The van der Waals surface area contributed by atoms with Gasteiger partial charge in [-0.2, -0.15) is 0 Å². The Hall–Kier alpha value is -2.08. The van der Waals surface area contributed by atoms with Crippen molar-refractivity contribution < 1.29 is 47.5 Å². The van der Waals surface area contributed by atoms with E-state index in [4.69, 9.17) is 9.31 Å². The fourth-order valence-electron chi connectivity index (χ4n) is 14.7. The number of carbonyl (C=O) groups excluding carboxylic acids is 4. The lowest BCUT2D eigenvalue weighted by Gasteiger charge is -2.65. The summed E-state index contributed by atoms with van der Waals surface area (Å²) in [6.07, 6.45) is 5.26. The topological polar surface area (TPSA) is 127 Å². The highest BCUT2D eigenvalue weighted by molar-refractivity contribution is 6.18. The minimum Gasteiger partial charge on any atom is -0.407 e. The van der Waals surface area contributed by atoms with Gasteiger partial charge in [-0.05, 0) is 115 Å². The van der Waals surface area contributed by atoms with Gasteiger partial charge in [0.2, 0.25) is 0 Å². The summed E-state index contributed by atoms with van der Waals surface area (Å²) in [7, 11) is 1.06. The predicted molar refractivity (Wildman–Crippen MR) is 192 cm³/mol. The summed E-state index contributed by atoms with van der Waals surface area (Å²) in [6, 6.07) is 0. The van der Waals surface area contributed by atoms with Gasteiger partial charge in [0, 0.05) is 46.3 Å². The van der Waals surface area contributed by atoms with Crippen molar-refractivity contribution in [3.8, 4) is 0 Å². The predicted octanol–water partition coefficient (Wildman–Crippen LogP) is 6.40. The van der Waals surface area contributed by atoms with Gasteiger partial charge in [-0.3, -0.25) is 19.2 Å². The number of aliphatic hydroxyl groups is 2. The summed E-state index contributed by atoms with van der Waals surface area (Å²) in [5, 5.41) is 23.9. The number of Topliss-reactive ketones (excluding diaryl/α,β-unsaturated/α-hetero) is 2. The normalized spacial score (nSPS) is 52.9. The third-order valence-electron chi connectivity index (χ3n) is 17.9. The van der Waals surface area contributed by atoms with Crippen molar-refractivity contribution in [2.24, 2.45) is 45.3 Å². The Kier molecular flexibility index (Phi) is 8.37. The summed E-state index contributed by atoms with van der Waals surface area (Å²) in [4.78, 5) is 51.4. The van der Waals surface area contributed by atoms with Crippen LogP contribution in [0.1, 0.15) is 131 Å². The molecule has 289 valence electrons. The maximum absolute atomic E-state index is 18.7. The van der Waals surface area contributed by atoms with Crippen LogP contribution in [-0.4, -0.2) is 75.8 Å². The van der Waals surface area contributed by atoms with Gasteiger partial charge >= 0.3 is 7.69 Å². The minimum atomic E-state index is -1.99. The first-order chi connectivity index (χ1) is 24.7. The number of ketones is 4. The van der Waals surface area contributed by atoms with E-state index in [0.717, 1.165) is 18.8 Å². The first-order valence-corrected chi connectivity index (χ1v) is 20.1. The molecule has 11 heteroatoms. The molecule has 6 saturated carbocycles. The van der Waals surface area contributed by atoms with Crippen molar-refractivity contribution in [1.29, 1.82) is 0 Å². The van der Waals surface area contributed by atoms with Crippen LogP contribution in [0.15, 0.2) is 23.3 Å². The Bertz CT molecular complexity index is 1610. The number of allylic oxidation sites excluding steroid dienone is 2. The molecule has 0 heterocycles. The average molecular weight is 738 g/mol. The first kappa shape index (κ1) is 37.8. The van der Waals surface area contributed by atoms with E-state index in [0.29, 0.717) is 51.4 Å². The molecule has 2 N–H and O–H groups in total. The minimum absolute atomic E-state index is 0.0159. The zero-order chi connectivity index (χ0) is 38.4. The molecule has 0 aromatic rings. The van der Waals surface area contributed by atoms with E-state index in [2.05, 4.69) is 0 Å². The standard InChI is InChI=1S/C42H56BF2O8/c1-23(46)39(50)17-13-29-31-9-7-25-19-27(48)11-15-35(25,3)41(31,44)33(21-37(29,39)5)52-43-53-34-22-38(6)30(14-18-40(38,51)24(2)47)32-10-8-26-20-28(49)12-16-36(26,4)42(32,34)45/h19-20,29-34,50-51H,7-18,21-22H2,1-6H3. The number of hydrogen-bond donors (Lipinski definition) is 2. The smallest absolute Gasteiger partial charge is 0.407 e. The second-order valence-electron chi connectivity index (χ2n) is 19.5. The number of halogens is 2. The van der Waals surface area contributed by atoms with E-state index in [1.165, 1.54) is 13.8 Å². The molecule has 0 amide bonds. The quantitative estimate of drug-likeness (QED) is 0.300. The van der Waals surface area contributed by atoms with Crippen LogP contribution in [0.25, 0.3) is 0 Å². The third-order valence-corrected chi connectivity index (χ3v) is 17.9. The molecule has 14 unspecified atom stereocenters. The molecule has 0 saturated heterocycles. The van der Waals surface area contributed by atoms with Crippen LogP contribution in [0.3, 0.4) is 0 Å². The van der Waals surface area contributed by atoms with Gasteiger partial charge in [0.25, 0.3) is 0 Å². The highest BCUT2D eigenvalue weighted by Gasteiger charge is 2.76. The van der Waals surface area contributed by atoms with Crippen molar-refractivity contribution in [1.82, 2.24) is 0 Å². The molecule has 8 aliphatic rings. The summed E-state index contributed by atoms with van der Waals surface area (Å²) >= 11 is 0. The molecule has 6 fully saturated rings. The molecule has 8 nitrogen and oxygen atoms in total. The fourth-order valence-corrected chi connectivity index (χ4v) is 14.7. The van der Waals surface area contributed by atoms with E-state index in [1.807, 2.05) is 27.7 Å². The molecule has 8 rings (SSSR count). The van der Waals surface area contributed by atoms with Gasteiger partial charge in [-0.25, -0.2) is 8.78 Å². The molecule has 0 bridgehead atoms. The Morgan fingerprint density at radius 3 is 1.38 bits per heavy atom. The summed E-state index contributed by atoms with van der Waals surface area (Å²) < 4.78 is 50.4. The average Bonchev–Trinajstić information content (AvgIpc) is 3.52. The monoisotopic (exact) mass is 737 g/mol. The van der Waals surface area contributed by atoms with E-state index in [1.54, 1.807) is 12.2 Å². The zero-order valence-electron chi connectivity index (χ0n) is 32.2. The van der Waals surface area contributed by atoms with Gasteiger partial charge < -0.3 is 19.5 Å². The molecule has 8 aliphatic carbocycles. The van der Waals surface area contributed by atoms with E-state index < -0.39 is 68.2 Å². The molecule has 0 aliphatic heterocycles. The molecule has 0 aromatic heterocycles. The summed E-state index contributed by atoms with van der Waals surface area (Å²) in [5.41, 5.74) is -9.85. The maximum atomic E-state index is 18.7. The van der Waals surface area contributed by atoms with Crippen molar-refractivity contribution >= 4 is 30.8 Å². The fraction of sp³-hybridized carbons (Fsp3) is 0.810. The molecule has 0 spiro atoms. The van der Waals surface area contributed by atoms with Crippen molar-refractivity contribution in [2.75, 3.05) is 0 Å². The second-order valence-corrected chi connectivity index (χ2v) is 19.5. The highest BCUT2D eigenvalue weighted by Crippen LogP contribution is 2.73. The zero-order valence-corrected chi connectivity index (χ0v) is 32.2. The summed E-state index contributed by atoms with van der Waals surface area (Å²) in [5.74, 6) is -2.49. The first-order valence-electron chi connectivity index (χ1n) is 20.1. The number of carbonyl (C=O) groups is 4. The van der Waals surface area contributed by atoms with Crippen LogP contribution in [-0.2, 0) is 28.5 Å². The highest BCUT2D eigenvalue weighted by atomic mass is 19.1. The van der Waals surface area contributed by atoms with Crippen LogP contribution < -0.4 is 0 Å². The Morgan fingerprint density at radius 2 is 1.02 bits per heavy atom. The SMILES string of the molecule is CC(=O)C1(O)CCC2C3CCC4=CC(=O)CCC4(C)C3(F)C(O[B]OC3CC4(C)C(CCC4(O)C(C)=O)C4CCC5=CC(=O)CCC5(C)C34F)CC21C. The molecule has 14 atom stereocenters. The van der Waals surface area contributed by atoms with Gasteiger partial charge in [0.15, 0.2) is 23.1 Å². The second kappa shape index (κ2) is 11.7. The largest absolute Gasteiger partial charge is 0.488 e. The van der Waals surface area contributed by atoms with E-state index >= 15 is 8.78 Å². The molecular weight excluding hydrogens is 681 g/mol. The van der Waals surface area contributed by atoms with Crippen molar-refractivity contribution in [2.45, 2.75) is 166 Å². The number of rotatable bonds is 6.